The minimum absolute atomic E-state index is 0.125. The number of hydrogen-bond donors (Lipinski definition) is 1. The van der Waals surface area contributed by atoms with Crippen molar-refractivity contribution >= 4 is 5.97 Å². The van der Waals surface area contributed by atoms with E-state index < -0.39 is 0 Å². The van der Waals surface area contributed by atoms with Gasteiger partial charge in [-0.1, -0.05) is 19.3 Å². The number of piperidine rings is 1. The summed E-state index contributed by atoms with van der Waals surface area (Å²) in [5.41, 5.74) is 0.571. The zero-order valence-electron chi connectivity index (χ0n) is 24.7. The van der Waals surface area contributed by atoms with Gasteiger partial charge in [0.25, 0.3) is 0 Å². The Morgan fingerprint density at radius 1 is 1.05 bits per heavy atom. The average Bonchev–Trinajstić information content (AvgIpc) is 3.73. The molecular weight excluding hydrogens is 502 g/mol. The van der Waals surface area contributed by atoms with Crippen LogP contribution in [0.25, 0.3) is 0 Å². The lowest BCUT2D eigenvalue weighted by atomic mass is 9.77. The molecule has 222 valence electrons. The van der Waals surface area contributed by atoms with E-state index in [1.54, 1.807) is 6.20 Å². The van der Waals surface area contributed by atoms with Crippen LogP contribution in [0.2, 0.25) is 0 Å². The second kappa shape index (κ2) is 14.6. The maximum absolute atomic E-state index is 11.8. The molecule has 1 N–H and O–H groups in total. The molecule has 0 aromatic carbocycles. The van der Waals surface area contributed by atoms with Crippen LogP contribution in [0.4, 0.5) is 0 Å². The molecule has 9 nitrogen and oxygen atoms in total. The van der Waals surface area contributed by atoms with Crippen LogP contribution in [0.15, 0.2) is 24.8 Å². The van der Waals surface area contributed by atoms with Crippen molar-refractivity contribution in [2.75, 3.05) is 45.9 Å². The Morgan fingerprint density at radius 3 is 2.65 bits per heavy atom. The molecule has 5 rings (SSSR count). The number of carbonyl (C=O) groups excluding carboxylic acids is 1. The summed E-state index contributed by atoms with van der Waals surface area (Å²) >= 11 is 0. The van der Waals surface area contributed by atoms with Crippen LogP contribution in [-0.4, -0.2) is 92.1 Å². The minimum Gasteiger partial charge on any atom is -0.466 e. The summed E-state index contributed by atoms with van der Waals surface area (Å²) in [6, 6.07) is 0.876. The number of esters is 1. The molecule has 0 atom stereocenters. The standard InChI is InChI=1S/C31H51N7O2/c1-2-40-30(39)10-6-17-36(24-28-32-14-15-33-28)25-29-34-16-23-38(29)19-7-18-35-20-11-31(26-35)12-21-37(22-13-31)27-8-4-3-5-9-27/h14-16,23,27H,2-13,17-22,24-26H2,1H3,(H,32,33). The quantitative estimate of drug-likeness (QED) is 0.346. The van der Waals surface area contributed by atoms with Gasteiger partial charge in [0.15, 0.2) is 0 Å². The Labute approximate surface area is 240 Å². The number of ether oxygens (including phenoxy) is 1. The van der Waals surface area contributed by atoms with Crippen molar-refractivity contribution in [2.45, 2.75) is 103 Å². The summed E-state index contributed by atoms with van der Waals surface area (Å²) in [6.07, 6.45) is 21.4. The van der Waals surface area contributed by atoms with Gasteiger partial charge in [-0.3, -0.25) is 9.69 Å². The normalized spacial score (nSPS) is 20.6. The summed E-state index contributed by atoms with van der Waals surface area (Å²) in [6.45, 7) is 11.9. The first-order valence-electron chi connectivity index (χ1n) is 16.0. The highest BCUT2D eigenvalue weighted by molar-refractivity contribution is 5.69. The molecule has 3 fully saturated rings. The van der Waals surface area contributed by atoms with E-state index in [0.717, 1.165) is 50.2 Å². The number of hydrogen-bond acceptors (Lipinski definition) is 7. The number of carbonyl (C=O) groups is 1. The topological polar surface area (TPSA) is 82.5 Å². The number of aromatic amines is 1. The maximum atomic E-state index is 11.8. The zero-order chi connectivity index (χ0) is 27.6. The molecule has 1 saturated carbocycles. The van der Waals surface area contributed by atoms with Gasteiger partial charge in [-0.15, -0.1) is 0 Å². The van der Waals surface area contributed by atoms with Gasteiger partial charge in [0.1, 0.15) is 11.6 Å². The van der Waals surface area contributed by atoms with E-state index in [-0.39, 0.29) is 5.97 Å². The van der Waals surface area contributed by atoms with Gasteiger partial charge < -0.3 is 24.1 Å². The molecule has 2 aromatic heterocycles. The predicted octanol–water partition coefficient (Wildman–Crippen LogP) is 4.46. The molecule has 0 bridgehead atoms. The first-order valence-corrected chi connectivity index (χ1v) is 16.0. The number of nitrogens with zero attached hydrogens (tertiary/aromatic N) is 6. The Balaban J connectivity index is 1.06. The Hall–Kier alpha value is -2.23. The molecule has 0 unspecified atom stereocenters. The lowest BCUT2D eigenvalue weighted by molar-refractivity contribution is -0.143. The summed E-state index contributed by atoms with van der Waals surface area (Å²) in [5.74, 6) is 1.89. The molecular formula is C31H51N7O2. The van der Waals surface area contributed by atoms with E-state index in [2.05, 4.69) is 35.4 Å². The van der Waals surface area contributed by atoms with Crippen LogP contribution in [0.1, 0.15) is 89.2 Å². The molecule has 1 aliphatic carbocycles. The van der Waals surface area contributed by atoms with Crippen LogP contribution in [-0.2, 0) is 29.2 Å². The van der Waals surface area contributed by atoms with E-state index in [4.69, 9.17) is 9.72 Å². The highest BCUT2D eigenvalue weighted by atomic mass is 16.5. The van der Waals surface area contributed by atoms with Crippen LogP contribution in [0, 0.1) is 5.41 Å². The molecule has 9 heteroatoms. The van der Waals surface area contributed by atoms with Crippen molar-refractivity contribution in [3.63, 3.8) is 0 Å². The highest BCUT2D eigenvalue weighted by Gasteiger charge is 2.41. The second-order valence-electron chi connectivity index (χ2n) is 12.4. The number of nitrogens with one attached hydrogen (secondary N) is 1. The SMILES string of the molecule is CCOC(=O)CCCN(Cc1ncc[nH]1)Cc1nccn1CCCN1CCC2(CCN(C3CCCCC3)CC2)C1. The zero-order valence-corrected chi connectivity index (χ0v) is 24.7. The molecule has 2 saturated heterocycles. The fraction of sp³-hybridized carbons (Fsp3) is 0.774. The fourth-order valence-electron chi connectivity index (χ4n) is 7.29. The van der Waals surface area contributed by atoms with Gasteiger partial charge in [0, 0.05) is 50.3 Å². The molecule has 3 aliphatic rings. The van der Waals surface area contributed by atoms with Crippen LogP contribution in [0.3, 0.4) is 0 Å². The van der Waals surface area contributed by atoms with E-state index in [1.165, 1.54) is 84.1 Å². The van der Waals surface area contributed by atoms with Crippen molar-refractivity contribution < 1.29 is 9.53 Å². The lowest BCUT2D eigenvalue weighted by Crippen LogP contribution is -2.46. The van der Waals surface area contributed by atoms with E-state index in [0.29, 0.717) is 25.0 Å². The van der Waals surface area contributed by atoms with Crippen LogP contribution < -0.4 is 0 Å². The molecule has 0 amide bonds. The smallest absolute Gasteiger partial charge is 0.305 e. The number of H-pyrrole nitrogens is 1. The van der Waals surface area contributed by atoms with Crippen LogP contribution in [0.5, 0.6) is 0 Å². The van der Waals surface area contributed by atoms with Crippen molar-refractivity contribution in [1.82, 2.24) is 34.2 Å². The monoisotopic (exact) mass is 553 g/mol. The van der Waals surface area contributed by atoms with E-state index >= 15 is 0 Å². The lowest BCUT2D eigenvalue weighted by Gasteiger charge is -2.44. The minimum atomic E-state index is -0.125. The molecule has 2 aliphatic heterocycles. The van der Waals surface area contributed by atoms with Crippen molar-refractivity contribution in [3.05, 3.63) is 36.4 Å². The largest absolute Gasteiger partial charge is 0.466 e. The fourth-order valence-corrected chi connectivity index (χ4v) is 7.29. The summed E-state index contributed by atoms with van der Waals surface area (Å²) in [5, 5.41) is 0. The van der Waals surface area contributed by atoms with Crippen molar-refractivity contribution in [2.24, 2.45) is 5.41 Å². The molecule has 2 aromatic rings. The highest BCUT2D eigenvalue weighted by Crippen LogP contribution is 2.41. The molecule has 0 radical (unpaired) electrons. The molecule has 1 spiro atoms. The van der Waals surface area contributed by atoms with Gasteiger partial charge in [0.05, 0.1) is 19.7 Å². The van der Waals surface area contributed by atoms with Crippen molar-refractivity contribution in [1.29, 1.82) is 0 Å². The van der Waals surface area contributed by atoms with Gasteiger partial charge in [-0.2, -0.15) is 0 Å². The molecule has 40 heavy (non-hydrogen) atoms. The molecule has 4 heterocycles. The van der Waals surface area contributed by atoms with Crippen LogP contribution >= 0.6 is 0 Å². The third-order valence-electron chi connectivity index (χ3n) is 9.60. The number of imidazole rings is 2. The maximum Gasteiger partial charge on any atom is 0.305 e. The Kier molecular flexibility index (Phi) is 10.7. The number of likely N-dealkylation sites (tertiary alicyclic amines) is 2. The first-order chi connectivity index (χ1) is 19.6. The van der Waals surface area contributed by atoms with Gasteiger partial charge in [-0.25, -0.2) is 9.97 Å². The van der Waals surface area contributed by atoms with Gasteiger partial charge >= 0.3 is 5.97 Å². The van der Waals surface area contributed by atoms with E-state index in [1.807, 2.05) is 19.3 Å². The number of aryl methyl sites for hydroxylation is 1. The third kappa shape index (κ3) is 8.17. The summed E-state index contributed by atoms with van der Waals surface area (Å²) < 4.78 is 7.42. The van der Waals surface area contributed by atoms with E-state index in [9.17, 15) is 4.79 Å². The first kappa shape index (κ1) is 29.3. The Morgan fingerprint density at radius 2 is 1.88 bits per heavy atom. The number of aromatic nitrogens is 4. The average molecular weight is 554 g/mol. The summed E-state index contributed by atoms with van der Waals surface area (Å²) in [7, 11) is 0. The van der Waals surface area contributed by atoms with Crippen molar-refractivity contribution in [3.8, 4) is 0 Å². The third-order valence-corrected chi connectivity index (χ3v) is 9.60. The Bertz CT molecular complexity index is 1010. The number of rotatable bonds is 14. The predicted molar refractivity (Wildman–Crippen MR) is 157 cm³/mol. The second-order valence-corrected chi connectivity index (χ2v) is 12.4. The summed E-state index contributed by atoms with van der Waals surface area (Å²) in [4.78, 5) is 32.0. The van der Waals surface area contributed by atoms with Gasteiger partial charge in [0.2, 0.25) is 0 Å². The van der Waals surface area contributed by atoms with Gasteiger partial charge in [-0.05, 0) is 90.0 Å².